The molecule has 0 aliphatic carbocycles. The molecule has 0 heterocycles. The van der Waals surface area contributed by atoms with Crippen LogP contribution >= 0.6 is 15.9 Å². The molecule has 0 aliphatic heterocycles. The summed E-state index contributed by atoms with van der Waals surface area (Å²) in [5.74, 6) is 0.589. The van der Waals surface area contributed by atoms with Gasteiger partial charge in [0.15, 0.2) is 0 Å². The Hall–Kier alpha value is -1.08. The molecule has 0 radical (unpaired) electrons. The molecule has 0 bridgehead atoms. The van der Waals surface area contributed by atoms with Crippen LogP contribution in [0.5, 0.6) is 0 Å². The molecule has 2 rings (SSSR count). The van der Waals surface area contributed by atoms with Gasteiger partial charge in [-0.3, -0.25) is 0 Å². The highest BCUT2D eigenvalue weighted by molar-refractivity contribution is 9.10. The zero-order valence-electron chi connectivity index (χ0n) is 10.1. The minimum absolute atomic E-state index is 0.589. The van der Waals surface area contributed by atoms with Crippen molar-refractivity contribution in [3.8, 4) is 0 Å². The molecule has 0 aromatic heterocycles. The fourth-order valence-electron chi connectivity index (χ4n) is 2.06. The molecule has 0 nitrogen and oxygen atoms in total. The highest BCUT2D eigenvalue weighted by Gasteiger charge is 2.08. The lowest BCUT2D eigenvalue weighted by Gasteiger charge is -2.13. The third-order valence-corrected chi connectivity index (χ3v) is 3.87. The van der Waals surface area contributed by atoms with Crippen LogP contribution in [0, 0.1) is 0 Å². The van der Waals surface area contributed by atoms with Crippen LogP contribution in [0.25, 0.3) is 0 Å². The van der Waals surface area contributed by atoms with Crippen molar-refractivity contribution >= 4 is 15.9 Å². The number of hydrogen-bond donors (Lipinski definition) is 0. The SMILES string of the molecule is CC(CCc1ccccc1)c1ccccc1Br. The molecule has 2 aromatic rings. The van der Waals surface area contributed by atoms with Crippen molar-refractivity contribution < 1.29 is 0 Å². The molecule has 0 aliphatic rings. The Kier molecular flexibility index (Phi) is 4.38. The quantitative estimate of drug-likeness (QED) is 0.727. The Bertz CT molecular complexity index is 462. The summed E-state index contributed by atoms with van der Waals surface area (Å²) in [6, 6.07) is 19.2. The smallest absolute Gasteiger partial charge is 0.0210 e. The largest absolute Gasteiger partial charge is 0.0622 e. The van der Waals surface area contributed by atoms with Crippen LogP contribution in [0.3, 0.4) is 0 Å². The van der Waals surface area contributed by atoms with Gasteiger partial charge in [0.25, 0.3) is 0 Å². The molecule has 0 N–H and O–H groups in total. The number of halogens is 1. The van der Waals surface area contributed by atoms with Gasteiger partial charge in [-0.1, -0.05) is 71.4 Å². The van der Waals surface area contributed by atoms with Gasteiger partial charge in [-0.15, -0.1) is 0 Å². The van der Waals surface area contributed by atoms with Crippen LogP contribution in [0.4, 0.5) is 0 Å². The molecule has 0 saturated carbocycles. The van der Waals surface area contributed by atoms with Gasteiger partial charge < -0.3 is 0 Å². The third-order valence-electron chi connectivity index (χ3n) is 3.14. The van der Waals surface area contributed by atoms with Crippen molar-refractivity contribution in [3.63, 3.8) is 0 Å². The zero-order chi connectivity index (χ0) is 12.1. The molecular weight excluding hydrogens is 272 g/mol. The Labute approximate surface area is 112 Å². The van der Waals surface area contributed by atoms with E-state index in [2.05, 4.69) is 77.5 Å². The molecule has 88 valence electrons. The number of aryl methyl sites for hydroxylation is 1. The Morgan fingerprint density at radius 1 is 0.941 bits per heavy atom. The average Bonchev–Trinajstić information content (AvgIpc) is 2.38. The second-order valence-corrected chi connectivity index (χ2v) is 5.30. The molecule has 2 aromatic carbocycles. The van der Waals surface area contributed by atoms with E-state index < -0.39 is 0 Å². The molecule has 1 heteroatoms. The topological polar surface area (TPSA) is 0 Å². The summed E-state index contributed by atoms with van der Waals surface area (Å²) in [5, 5.41) is 0. The molecule has 0 saturated heterocycles. The summed E-state index contributed by atoms with van der Waals surface area (Å²) >= 11 is 3.62. The van der Waals surface area contributed by atoms with Gasteiger partial charge in [0.2, 0.25) is 0 Å². The Balaban J connectivity index is 1.99. The van der Waals surface area contributed by atoms with E-state index in [1.54, 1.807) is 0 Å². The summed E-state index contributed by atoms with van der Waals surface area (Å²) in [4.78, 5) is 0. The van der Waals surface area contributed by atoms with Crippen LogP contribution in [0.2, 0.25) is 0 Å². The summed E-state index contributed by atoms with van der Waals surface area (Å²) in [6.07, 6.45) is 2.33. The van der Waals surface area contributed by atoms with E-state index in [0.29, 0.717) is 5.92 Å². The number of rotatable bonds is 4. The van der Waals surface area contributed by atoms with Crippen LogP contribution in [0.1, 0.15) is 30.4 Å². The minimum atomic E-state index is 0.589. The van der Waals surface area contributed by atoms with Gasteiger partial charge in [0, 0.05) is 4.47 Å². The second-order valence-electron chi connectivity index (χ2n) is 4.45. The van der Waals surface area contributed by atoms with E-state index in [4.69, 9.17) is 0 Å². The lowest BCUT2D eigenvalue weighted by Crippen LogP contribution is -1.97. The minimum Gasteiger partial charge on any atom is -0.0622 e. The molecule has 0 amide bonds. The van der Waals surface area contributed by atoms with Gasteiger partial charge in [-0.25, -0.2) is 0 Å². The second kappa shape index (κ2) is 6.02. The molecule has 1 unspecified atom stereocenters. The zero-order valence-corrected chi connectivity index (χ0v) is 11.7. The molecule has 17 heavy (non-hydrogen) atoms. The number of benzene rings is 2. The third kappa shape index (κ3) is 3.44. The number of hydrogen-bond acceptors (Lipinski definition) is 0. The standard InChI is InChI=1S/C16H17Br/c1-13(15-9-5-6-10-16(15)17)11-12-14-7-3-2-4-8-14/h2-10,13H,11-12H2,1H3. The van der Waals surface area contributed by atoms with E-state index in [-0.39, 0.29) is 0 Å². The summed E-state index contributed by atoms with van der Waals surface area (Å²) in [6.45, 7) is 2.29. The summed E-state index contributed by atoms with van der Waals surface area (Å²) in [7, 11) is 0. The maximum atomic E-state index is 3.62. The predicted octanol–water partition coefficient (Wildman–Crippen LogP) is 5.19. The fourth-order valence-corrected chi connectivity index (χ4v) is 2.73. The van der Waals surface area contributed by atoms with Crippen molar-refractivity contribution in [2.45, 2.75) is 25.7 Å². The van der Waals surface area contributed by atoms with Crippen LogP contribution in [-0.4, -0.2) is 0 Å². The van der Waals surface area contributed by atoms with Crippen molar-refractivity contribution in [1.82, 2.24) is 0 Å². The maximum absolute atomic E-state index is 3.62. The van der Waals surface area contributed by atoms with Crippen LogP contribution in [-0.2, 0) is 6.42 Å². The first-order chi connectivity index (χ1) is 8.27. The van der Waals surface area contributed by atoms with Crippen LogP contribution < -0.4 is 0 Å². The first kappa shape index (κ1) is 12.4. The van der Waals surface area contributed by atoms with E-state index >= 15 is 0 Å². The first-order valence-electron chi connectivity index (χ1n) is 6.05. The monoisotopic (exact) mass is 288 g/mol. The van der Waals surface area contributed by atoms with Crippen molar-refractivity contribution in [2.75, 3.05) is 0 Å². The van der Waals surface area contributed by atoms with Crippen molar-refractivity contribution in [2.24, 2.45) is 0 Å². The van der Waals surface area contributed by atoms with Gasteiger partial charge >= 0.3 is 0 Å². The van der Waals surface area contributed by atoms with Gasteiger partial charge in [-0.2, -0.15) is 0 Å². The molecule has 0 spiro atoms. The fraction of sp³-hybridized carbons (Fsp3) is 0.250. The molecule has 0 fully saturated rings. The maximum Gasteiger partial charge on any atom is 0.0210 e. The van der Waals surface area contributed by atoms with E-state index in [9.17, 15) is 0 Å². The lowest BCUT2D eigenvalue weighted by atomic mass is 9.94. The van der Waals surface area contributed by atoms with E-state index in [1.807, 2.05) is 0 Å². The lowest BCUT2D eigenvalue weighted by molar-refractivity contribution is 0.677. The van der Waals surface area contributed by atoms with Crippen LogP contribution in [0.15, 0.2) is 59.1 Å². The predicted molar refractivity (Wildman–Crippen MR) is 77.3 cm³/mol. The first-order valence-corrected chi connectivity index (χ1v) is 6.85. The van der Waals surface area contributed by atoms with Crippen molar-refractivity contribution in [3.05, 3.63) is 70.2 Å². The van der Waals surface area contributed by atoms with Crippen molar-refractivity contribution in [1.29, 1.82) is 0 Å². The Morgan fingerprint density at radius 2 is 1.59 bits per heavy atom. The summed E-state index contributed by atoms with van der Waals surface area (Å²) in [5.41, 5.74) is 2.83. The average molecular weight is 289 g/mol. The van der Waals surface area contributed by atoms with Gasteiger partial charge in [0.1, 0.15) is 0 Å². The van der Waals surface area contributed by atoms with E-state index in [0.717, 1.165) is 6.42 Å². The van der Waals surface area contributed by atoms with E-state index in [1.165, 1.54) is 22.0 Å². The Morgan fingerprint density at radius 3 is 2.29 bits per heavy atom. The highest BCUT2D eigenvalue weighted by atomic mass is 79.9. The summed E-state index contributed by atoms with van der Waals surface area (Å²) < 4.78 is 1.22. The normalized spacial score (nSPS) is 12.4. The van der Waals surface area contributed by atoms with Gasteiger partial charge in [-0.05, 0) is 36.0 Å². The molecule has 1 atom stereocenters. The molecular formula is C16H17Br. The van der Waals surface area contributed by atoms with Gasteiger partial charge in [0.05, 0.1) is 0 Å². The highest BCUT2D eigenvalue weighted by Crippen LogP contribution is 2.27.